The molecule has 0 spiro atoms. The molecule has 11 heteroatoms. The van der Waals surface area contributed by atoms with Gasteiger partial charge in [0, 0.05) is 14.7 Å². The summed E-state index contributed by atoms with van der Waals surface area (Å²) in [5.41, 5.74) is 2.33. The van der Waals surface area contributed by atoms with Gasteiger partial charge < -0.3 is 14.2 Å². The quantitative estimate of drug-likeness (QED) is 0.150. The lowest BCUT2D eigenvalue weighted by Crippen LogP contribution is -2.39. The summed E-state index contributed by atoms with van der Waals surface area (Å²) in [7, 11) is 0. The second kappa shape index (κ2) is 13.7. The number of halogens is 3. The van der Waals surface area contributed by atoms with Gasteiger partial charge in [0.15, 0.2) is 4.80 Å². The summed E-state index contributed by atoms with van der Waals surface area (Å²) >= 11 is 5.63. The van der Waals surface area contributed by atoms with Crippen LogP contribution in [0, 0.1) is 13.0 Å². The third-order valence-corrected chi connectivity index (χ3v) is 9.08. The van der Waals surface area contributed by atoms with E-state index < -0.39 is 12.0 Å². The van der Waals surface area contributed by atoms with Crippen LogP contribution in [0.3, 0.4) is 0 Å². The smallest absolute Gasteiger partial charge is 0.338 e. The first kappa shape index (κ1) is 31.4. The summed E-state index contributed by atoms with van der Waals surface area (Å²) in [5.74, 6) is 0.364. The summed E-state index contributed by atoms with van der Waals surface area (Å²) in [5, 5.41) is 0. The molecular weight excluding hydrogens is 797 g/mol. The highest BCUT2D eigenvalue weighted by Gasteiger charge is 2.33. The Hall–Kier alpha value is -3.04. The standard InChI is InChI=1S/C32H27FI2N2O5S/c1-4-40-23-12-10-19(11-13-23)28-27(31(39)41-5-2)18(3)36-32-37(28)30(38)26(43-32)15-21-14-22(34)16-25(35)29(21)42-17-20-8-6-7-9-24(20)33/h6-16,28H,4-5,17H2,1-3H3/b26-15-/t28-/m0/s1. The van der Waals surface area contributed by atoms with Gasteiger partial charge in [0.2, 0.25) is 0 Å². The number of allylic oxidation sites excluding steroid dienone is 1. The minimum atomic E-state index is -0.735. The van der Waals surface area contributed by atoms with Gasteiger partial charge in [-0.15, -0.1) is 0 Å². The number of thiazole rings is 1. The zero-order valence-electron chi connectivity index (χ0n) is 23.5. The Labute approximate surface area is 279 Å². The zero-order valence-corrected chi connectivity index (χ0v) is 28.7. The van der Waals surface area contributed by atoms with Gasteiger partial charge in [-0.1, -0.05) is 41.7 Å². The maximum Gasteiger partial charge on any atom is 0.338 e. The van der Waals surface area contributed by atoms with E-state index >= 15 is 0 Å². The van der Waals surface area contributed by atoms with Crippen LogP contribution in [0.25, 0.3) is 6.08 Å². The van der Waals surface area contributed by atoms with E-state index in [1.54, 1.807) is 42.7 Å². The van der Waals surface area contributed by atoms with Gasteiger partial charge in [0.25, 0.3) is 5.56 Å². The first-order valence-electron chi connectivity index (χ1n) is 13.5. The topological polar surface area (TPSA) is 79.1 Å². The van der Waals surface area contributed by atoms with Gasteiger partial charge in [0.1, 0.15) is 23.9 Å². The number of benzene rings is 3. The molecule has 0 aliphatic carbocycles. The number of esters is 1. The minimum absolute atomic E-state index is 0.0329. The first-order valence-corrected chi connectivity index (χ1v) is 16.5. The first-order chi connectivity index (χ1) is 20.7. The number of rotatable bonds is 9. The van der Waals surface area contributed by atoms with Gasteiger partial charge in [0.05, 0.1) is 38.6 Å². The SMILES string of the molecule is CCOC(=O)C1=C(C)N=c2s/c(=C\c3cc(I)cc(I)c3OCc3ccccc3F)c(=O)n2[C@H]1c1ccc(OCC)cc1. The van der Waals surface area contributed by atoms with Crippen LogP contribution >= 0.6 is 56.5 Å². The average molecular weight is 824 g/mol. The van der Waals surface area contributed by atoms with Crippen molar-refractivity contribution in [2.24, 2.45) is 4.99 Å². The molecule has 0 N–H and O–H groups in total. The number of carbonyl (C=O) groups excluding carboxylic acids is 1. The number of ether oxygens (including phenoxy) is 3. The lowest BCUT2D eigenvalue weighted by Gasteiger charge is -2.24. The minimum Gasteiger partial charge on any atom is -0.494 e. The van der Waals surface area contributed by atoms with E-state index in [1.165, 1.54) is 17.4 Å². The Kier molecular flexibility index (Phi) is 10.0. The van der Waals surface area contributed by atoms with Crippen LogP contribution in [0.4, 0.5) is 4.39 Å². The third kappa shape index (κ3) is 6.73. The molecule has 2 heterocycles. The van der Waals surface area contributed by atoms with E-state index in [0.717, 1.165) is 12.7 Å². The van der Waals surface area contributed by atoms with Crippen molar-refractivity contribution in [1.82, 2.24) is 4.57 Å². The fraction of sp³-hybridized carbons (Fsp3) is 0.219. The second-order valence-corrected chi connectivity index (χ2v) is 12.9. The molecule has 0 bridgehead atoms. The van der Waals surface area contributed by atoms with E-state index in [4.69, 9.17) is 14.2 Å². The number of carbonyl (C=O) groups is 1. The summed E-state index contributed by atoms with van der Waals surface area (Å²) < 4.78 is 35.2. The van der Waals surface area contributed by atoms with Crippen molar-refractivity contribution in [3.63, 3.8) is 0 Å². The number of hydrogen-bond acceptors (Lipinski definition) is 7. The van der Waals surface area contributed by atoms with Crippen LogP contribution in [0.2, 0.25) is 0 Å². The molecule has 0 amide bonds. The highest BCUT2D eigenvalue weighted by atomic mass is 127. The summed E-state index contributed by atoms with van der Waals surface area (Å²) in [6.07, 6.45) is 1.77. The van der Waals surface area contributed by atoms with Crippen molar-refractivity contribution < 1.29 is 23.4 Å². The fourth-order valence-corrected chi connectivity index (χ4v) is 7.85. The van der Waals surface area contributed by atoms with Gasteiger partial charge in [-0.25, -0.2) is 14.2 Å². The van der Waals surface area contributed by atoms with Crippen molar-refractivity contribution in [3.8, 4) is 11.5 Å². The molecular formula is C32H27FI2N2O5S. The van der Waals surface area contributed by atoms with Crippen LogP contribution < -0.4 is 24.4 Å². The normalized spacial score (nSPS) is 14.7. The van der Waals surface area contributed by atoms with E-state index in [-0.39, 0.29) is 24.6 Å². The molecule has 4 aromatic rings. The number of aromatic nitrogens is 1. The maximum atomic E-state index is 14.3. The Morgan fingerprint density at radius 1 is 1.07 bits per heavy atom. The molecule has 43 heavy (non-hydrogen) atoms. The van der Waals surface area contributed by atoms with Crippen LogP contribution in [0.5, 0.6) is 11.5 Å². The molecule has 1 aliphatic rings. The molecule has 0 fully saturated rings. The van der Waals surface area contributed by atoms with Crippen LogP contribution in [-0.2, 0) is 16.1 Å². The van der Waals surface area contributed by atoms with Gasteiger partial charge in [-0.3, -0.25) is 9.36 Å². The highest BCUT2D eigenvalue weighted by Crippen LogP contribution is 2.33. The van der Waals surface area contributed by atoms with Crippen molar-refractivity contribution in [3.05, 3.63) is 121 Å². The summed E-state index contributed by atoms with van der Waals surface area (Å²) in [6.45, 7) is 6.14. The fourth-order valence-electron chi connectivity index (χ4n) is 4.77. The Morgan fingerprint density at radius 2 is 1.81 bits per heavy atom. The van der Waals surface area contributed by atoms with Crippen molar-refractivity contribution in [1.29, 1.82) is 0 Å². The molecule has 3 aromatic carbocycles. The Balaban J connectivity index is 1.64. The third-order valence-electron chi connectivity index (χ3n) is 6.68. The molecule has 5 rings (SSSR count). The van der Waals surface area contributed by atoms with Gasteiger partial charge in [-0.2, -0.15) is 0 Å². The zero-order chi connectivity index (χ0) is 30.7. The van der Waals surface area contributed by atoms with Gasteiger partial charge in [-0.05, 0) is 108 Å². The maximum absolute atomic E-state index is 14.3. The van der Waals surface area contributed by atoms with E-state index in [0.29, 0.717) is 49.8 Å². The number of nitrogens with zero attached hydrogens (tertiary/aromatic N) is 2. The molecule has 0 saturated heterocycles. The lowest BCUT2D eigenvalue weighted by atomic mass is 9.96. The Morgan fingerprint density at radius 3 is 2.51 bits per heavy atom. The molecule has 0 unspecified atom stereocenters. The molecule has 0 radical (unpaired) electrons. The van der Waals surface area contributed by atoms with E-state index in [9.17, 15) is 14.0 Å². The summed E-state index contributed by atoms with van der Waals surface area (Å²) in [6, 6.07) is 16.9. The molecule has 7 nitrogen and oxygen atoms in total. The molecule has 1 aromatic heterocycles. The predicted molar refractivity (Wildman–Crippen MR) is 181 cm³/mol. The monoisotopic (exact) mass is 824 g/mol. The molecule has 222 valence electrons. The second-order valence-electron chi connectivity index (χ2n) is 9.49. The lowest BCUT2D eigenvalue weighted by molar-refractivity contribution is -0.139. The van der Waals surface area contributed by atoms with Gasteiger partial charge >= 0.3 is 5.97 Å². The van der Waals surface area contributed by atoms with Crippen LogP contribution in [-0.4, -0.2) is 23.8 Å². The van der Waals surface area contributed by atoms with Crippen LogP contribution in [0.15, 0.2) is 81.7 Å². The largest absolute Gasteiger partial charge is 0.494 e. The van der Waals surface area contributed by atoms with Crippen molar-refractivity contribution in [2.75, 3.05) is 13.2 Å². The molecule has 1 aliphatic heterocycles. The highest BCUT2D eigenvalue weighted by molar-refractivity contribution is 14.1. The van der Waals surface area contributed by atoms with E-state index in [2.05, 4.69) is 50.2 Å². The number of fused-ring (bicyclic) bond motifs is 1. The Bertz CT molecular complexity index is 1900. The van der Waals surface area contributed by atoms with Crippen LogP contribution in [0.1, 0.15) is 43.5 Å². The van der Waals surface area contributed by atoms with Crippen molar-refractivity contribution in [2.45, 2.75) is 33.4 Å². The predicted octanol–water partition coefficient (Wildman–Crippen LogP) is 6.12. The average Bonchev–Trinajstić information content (AvgIpc) is 3.27. The van der Waals surface area contributed by atoms with E-state index in [1.807, 2.05) is 43.3 Å². The summed E-state index contributed by atoms with van der Waals surface area (Å²) in [4.78, 5) is 32.4. The molecule has 1 atom stereocenters. The number of hydrogen-bond donors (Lipinski definition) is 0. The van der Waals surface area contributed by atoms with Crippen molar-refractivity contribution >= 4 is 68.6 Å². The molecule has 0 saturated carbocycles.